The van der Waals surface area contributed by atoms with Crippen molar-refractivity contribution in [3.63, 3.8) is 0 Å². The van der Waals surface area contributed by atoms with Gasteiger partial charge in [-0.25, -0.2) is 0 Å². The fraction of sp³-hybridized carbons (Fsp3) is 0.318. The molecule has 144 valence electrons. The number of rotatable bonds is 8. The maximum atomic E-state index is 12.1. The van der Waals surface area contributed by atoms with E-state index in [1.165, 1.54) is 0 Å². The lowest BCUT2D eigenvalue weighted by Gasteiger charge is -2.11. The highest BCUT2D eigenvalue weighted by molar-refractivity contribution is 5.76. The Morgan fingerprint density at radius 3 is 2.61 bits per heavy atom. The molecule has 0 saturated heterocycles. The number of amides is 1. The topological polar surface area (TPSA) is 95.0 Å². The first-order chi connectivity index (χ1) is 13.5. The summed E-state index contributed by atoms with van der Waals surface area (Å²) in [5.74, 6) is 3.06. The third-order valence-corrected chi connectivity index (χ3v) is 4.50. The molecule has 0 bridgehead atoms. The highest BCUT2D eigenvalue weighted by atomic mass is 16.5. The molecule has 0 fully saturated rings. The third-order valence-electron chi connectivity index (χ3n) is 4.50. The van der Waals surface area contributed by atoms with Crippen molar-refractivity contribution < 1.29 is 9.53 Å². The molecule has 0 saturated carbocycles. The van der Waals surface area contributed by atoms with Crippen molar-refractivity contribution in [2.24, 2.45) is 0 Å². The molecule has 0 aliphatic heterocycles. The lowest BCUT2D eigenvalue weighted by Crippen LogP contribution is -2.26. The number of hydrogen-bond acceptors (Lipinski definition) is 4. The van der Waals surface area contributed by atoms with Crippen LogP contribution in [0.5, 0.6) is 5.75 Å². The lowest BCUT2D eigenvalue weighted by atomic mass is 9.99. The monoisotopic (exact) mass is 377 g/mol. The van der Waals surface area contributed by atoms with Gasteiger partial charge in [0.2, 0.25) is 5.91 Å². The quantitative estimate of drug-likeness (QED) is 0.689. The Bertz CT molecular complexity index is 976. The van der Waals surface area contributed by atoms with Crippen LogP contribution in [0.15, 0.2) is 29.1 Å². The van der Waals surface area contributed by atoms with Crippen LogP contribution < -0.4 is 15.6 Å². The second-order valence-corrected chi connectivity index (χ2v) is 6.41. The normalized spacial score (nSPS) is 10.0. The van der Waals surface area contributed by atoms with E-state index in [1.807, 2.05) is 30.3 Å². The third kappa shape index (κ3) is 5.49. The second-order valence-electron chi connectivity index (χ2n) is 6.41. The van der Waals surface area contributed by atoms with Crippen molar-refractivity contribution in [2.75, 3.05) is 13.2 Å². The molecule has 1 aromatic heterocycles. The zero-order valence-corrected chi connectivity index (χ0v) is 16.1. The minimum Gasteiger partial charge on any atom is -0.481 e. The largest absolute Gasteiger partial charge is 0.481 e. The zero-order valence-electron chi connectivity index (χ0n) is 16.1. The van der Waals surface area contributed by atoms with Crippen LogP contribution in [0.25, 0.3) is 0 Å². The van der Waals surface area contributed by atoms with Gasteiger partial charge in [0, 0.05) is 18.7 Å². The predicted molar refractivity (Wildman–Crippen MR) is 107 cm³/mol. The number of nitrogens with zero attached hydrogens (tertiary/aromatic N) is 1. The summed E-state index contributed by atoms with van der Waals surface area (Å²) in [6.45, 7) is 4.28. The van der Waals surface area contributed by atoms with E-state index < -0.39 is 0 Å². The number of aromatic nitrogens is 1. The summed E-state index contributed by atoms with van der Waals surface area (Å²) < 4.78 is 5.32. The number of carbonyl (C=O) groups excluding carboxylic acids is 1. The van der Waals surface area contributed by atoms with Gasteiger partial charge >= 0.3 is 0 Å². The number of aryl methyl sites for hydroxylation is 1. The van der Waals surface area contributed by atoms with Crippen molar-refractivity contribution in [2.45, 2.75) is 33.1 Å². The van der Waals surface area contributed by atoms with Gasteiger partial charge in [-0.3, -0.25) is 9.59 Å². The van der Waals surface area contributed by atoms with Crippen LogP contribution >= 0.6 is 0 Å². The van der Waals surface area contributed by atoms with E-state index in [-0.39, 0.29) is 30.1 Å². The first-order valence-corrected chi connectivity index (χ1v) is 9.00. The highest BCUT2D eigenvalue weighted by Crippen LogP contribution is 2.15. The minimum atomic E-state index is -0.388. The number of benzene rings is 1. The molecular formula is C22H23N3O3. The summed E-state index contributed by atoms with van der Waals surface area (Å²) in [6, 6.07) is 9.50. The van der Waals surface area contributed by atoms with Gasteiger partial charge in [0.25, 0.3) is 5.56 Å². The number of carbonyl (C=O) groups is 1. The van der Waals surface area contributed by atoms with E-state index in [2.05, 4.69) is 16.2 Å². The van der Waals surface area contributed by atoms with Crippen LogP contribution in [0.4, 0.5) is 0 Å². The molecule has 0 aliphatic rings. The number of aromatic amines is 1. The van der Waals surface area contributed by atoms with Gasteiger partial charge in [-0.2, -0.15) is 5.26 Å². The second kappa shape index (κ2) is 9.99. The van der Waals surface area contributed by atoms with Crippen molar-refractivity contribution in [3.05, 3.63) is 62.6 Å². The molecule has 0 atom stereocenters. The molecule has 1 aromatic carbocycles. The summed E-state index contributed by atoms with van der Waals surface area (Å²) in [4.78, 5) is 26.6. The Balaban J connectivity index is 1.83. The molecular weight excluding hydrogens is 354 g/mol. The average Bonchev–Trinajstić information content (AvgIpc) is 2.67. The first-order valence-electron chi connectivity index (χ1n) is 9.00. The Morgan fingerprint density at radius 2 is 1.96 bits per heavy atom. The molecule has 1 heterocycles. The fourth-order valence-corrected chi connectivity index (χ4v) is 2.97. The van der Waals surface area contributed by atoms with Crippen LogP contribution in [-0.2, 0) is 17.6 Å². The molecule has 6 nitrogen and oxygen atoms in total. The number of nitrogens with one attached hydrogen (secondary N) is 2. The molecule has 1 amide bonds. The van der Waals surface area contributed by atoms with E-state index >= 15 is 0 Å². The number of ether oxygens (including phenoxy) is 1. The Hall–Kier alpha value is -3.51. The number of nitriles is 1. The number of hydrogen-bond donors (Lipinski definition) is 2. The van der Waals surface area contributed by atoms with Crippen molar-refractivity contribution in [3.8, 4) is 24.2 Å². The number of pyridine rings is 1. The summed E-state index contributed by atoms with van der Waals surface area (Å²) in [7, 11) is 0. The smallest absolute Gasteiger partial charge is 0.266 e. The SMILES string of the molecule is C#CCOc1ccc(CCNC(=O)CCc2c(C)[nH]c(=O)c(C#N)c2C)cc1. The van der Waals surface area contributed by atoms with Gasteiger partial charge in [-0.15, -0.1) is 6.42 Å². The van der Waals surface area contributed by atoms with Crippen molar-refractivity contribution >= 4 is 5.91 Å². The summed E-state index contributed by atoms with van der Waals surface area (Å²) >= 11 is 0. The van der Waals surface area contributed by atoms with Crippen molar-refractivity contribution in [1.82, 2.24) is 10.3 Å². The average molecular weight is 377 g/mol. The van der Waals surface area contributed by atoms with Gasteiger partial charge in [-0.05, 0) is 55.5 Å². The van der Waals surface area contributed by atoms with Crippen LogP contribution in [-0.4, -0.2) is 24.0 Å². The summed E-state index contributed by atoms with van der Waals surface area (Å²) in [6.07, 6.45) is 6.62. The van der Waals surface area contributed by atoms with Crippen LogP contribution in [0.3, 0.4) is 0 Å². The Labute approximate surface area is 164 Å². The van der Waals surface area contributed by atoms with Crippen molar-refractivity contribution in [1.29, 1.82) is 5.26 Å². The molecule has 2 N–H and O–H groups in total. The van der Waals surface area contributed by atoms with Gasteiger partial charge < -0.3 is 15.0 Å². The molecule has 2 rings (SSSR count). The van der Waals surface area contributed by atoms with Gasteiger partial charge in [-0.1, -0.05) is 18.1 Å². The van der Waals surface area contributed by atoms with Crippen LogP contribution in [0.2, 0.25) is 0 Å². The number of H-pyrrole nitrogens is 1. The van der Waals surface area contributed by atoms with Gasteiger partial charge in [0.05, 0.1) is 0 Å². The fourth-order valence-electron chi connectivity index (χ4n) is 2.97. The van der Waals surface area contributed by atoms with E-state index in [1.54, 1.807) is 13.8 Å². The van der Waals surface area contributed by atoms with Gasteiger partial charge in [0.1, 0.15) is 24.0 Å². The highest BCUT2D eigenvalue weighted by Gasteiger charge is 2.13. The van der Waals surface area contributed by atoms with Gasteiger partial charge in [0.15, 0.2) is 0 Å². The zero-order chi connectivity index (χ0) is 20.5. The van der Waals surface area contributed by atoms with Crippen LogP contribution in [0.1, 0.15) is 34.4 Å². The van der Waals surface area contributed by atoms with E-state index in [4.69, 9.17) is 16.4 Å². The molecule has 28 heavy (non-hydrogen) atoms. The number of terminal acetylenes is 1. The summed E-state index contributed by atoms with van der Waals surface area (Å²) in [5, 5.41) is 12.0. The van der Waals surface area contributed by atoms with Crippen LogP contribution in [0, 0.1) is 37.5 Å². The van der Waals surface area contributed by atoms with E-state index in [0.29, 0.717) is 36.4 Å². The maximum Gasteiger partial charge on any atom is 0.266 e. The lowest BCUT2D eigenvalue weighted by molar-refractivity contribution is -0.121. The molecule has 0 unspecified atom stereocenters. The minimum absolute atomic E-state index is 0.0718. The maximum absolute atomic E-state index is 12.1. The Morgan fingerprint density at radius 1 is 1.25 bits per heavy atom. The molecule has 6 heteroatoms. The molecule has 0 aliphatic carbocycles. The molecule has 0 spiro atoms. The standard InChI is InChI=1S/C22H23N3O3/c1-4-13-28-18-7-5-17(6-8-18)11-12-24-21(26)10-9-19-15(2)20(14-23)22(27)25-16(19)3/h1,5-8H,9-13H2,2-3H3,(H,24,26)(H,25,27). The Kier molecular flexibility index (Phi) is 7.42. The first kappa shape index (κ1) is 20.8. The van der Waals surface area contributed by atoms with E-state index in [0.717, 1.165) is 11.1 Å². The predicted octanol–water partition coefficient (Wildman–Crippen LogP) is 2.17. The summed E-state index contributed by atoms with van der Waals surface area (Å²) in [5.41, 5.74) is 2.98. The molecule has 0 radical (unpaired) electrons. The van der Waals surface area contributed by atoms with E-state index in [9.17, 15) is 9.59 Å². The molecule has 2 aromatic rings.